The lowest BCUT2D eigenvalue weighted by Gasteiger charge is -2.36. The number of aryl methyl sites for hydroxylation is 3. The second-order valence-electron chi connectivity index (χ2n) is 5.95. The first-order chi connectivity index (χ1) is 11.4. The molecule has 1 fully saturated rings. The summed E-state index contributed by atoms with van der Waals surface area (Å²) in [6, 6.07) is 3.23. The molecule has 128 valence electrons. The maximum atomic E-state index is 10.9. The van der Waals surface area contributed by atoms with E-state index in [0.717, 1.165) is 49.2 Å². The minimum atomic E-state index is -0.405. The summed E-state index contributed by atoms with van der Waals surface area (Å²) in [6.07, 6.45) is 0. The number of hydrogen-bond acceptors (Lipinski definition) is 7. The Morgan fingerprint density at radius 1 is 1.12 bits per heavy atom. The van der Waals surface area contributed by atoms with Crippen LogP contribution in [-0.4, -0.2) is 45.9 Å². The lowest BCUT2D eigenvalue weighted by Crippen LogP contribution is -2.47. The highest BCUT2D eigenvalue weighted by Gasteiger charge is 2.24. The Hall–Kier alpha value is -2.84. The molecule has 2 aromatic heterocycles. The van der Waals surface area contributed by atoms with Crippen molar-refractivity contribution in [3.63, 3.8) is 0 Å². The molecule has 0 radical (unpaired) electrons. The van der Waals surface area contributed by atoms with Crippen molar-refractivity contribution in [1.29, 1.82) is 0 Å². The molecule has 9 nitrogen and oxygen atoms in total. The average Bonchev–Trinajstić information content (AvgIpc) is 2.80. The van der Waals surface area contributed by atoms with Crippen molar-refractivity contribution in [2.24, 2.45) is 7.05 Å². The molecule has 3 heterocycles. The Morgan fingerprint density at radius 2 is 1.75 bits per heavy atom. The van der Waals surface area contributed by atoms with Gasteiger partial charge in [-0.2, -0.15) is 5.10 Å². The van der Waals surface area contributed by atoms with Crippen LogP contribution in [0.2, 0.25) is 0 Å². The van der Waals surface area contributed by atoms with Gasteiger partial charge in [-0.25, -0.2) is 4.98 Å². The highest BCUT2D eigenvalue weighted by Crippen LogP contribution is 2.27. The van der Waals surface area contributed by atoms with E-state index in [9.17, 15) is 10.1 Å². The molecule has 0 aromatic carbocycles. The van der Waals surface area contributed by atoms with E-state index in [1.807, 2.05) is 18.7 Å². The van der Waals surface area contributed by atoms with Gasteiger partial charge in [0.05, 0.1) is 16.3 Å². The molecule has 0 aliphatic carbocycles. The molecule has 2 aromatic rings. The van der Waals surface area contributed by atoms with Crippen LogP contribution in [0.5, 0.6) is 0 Å². The van der Waals surface area contributed by atoms with E-state index >= 15 is 0 Å². The number of rotatable bonds is 3. The van der Waals surface area contributed by atoms with Crippen molar-refractivity contribution in [3.8, 4) is 0 Å². The number of piperazine rings is 1. The fraction of sp³-hybridized carbons (Fsp3) is 0.467. The monoisotopic (exact) mass is 331 g/mol. The van der Waals surface area contributed by atoms with Crippen LogP contribution in [0.3, 0.4) is 0 Å². The van der Waals surface area contributed by atoms with Crippen LogP contribution < -0.4 is 15.5 Å². The molecule has 0 spiro atoms. The molecule has 0 amide bonds. The van der Waals surface area contributed by atoms with E-state index in [4.69, 9.17) is 5.73 Å². The van der Waals surface area contributed by atoms with Crippen LogP contribution in [0.4, 0.5) is 23.0 Å². The van der Waals surface area contributed by atoms with E-state index in [1.165, 1.54) is 6.07 Å². The zero-order valence-electron chi connectivity index (χ0n) is 14.1. The number of aromatic nitrogens is 3. The molecule has 0 atom stereocenters. The van der Waals surface area contributed by atoms with E-state index < -0.39 is 4.92 Å². The van der Waals surface area contributed by atoms with Gasteiger partial charge >= 0.3 is 0 Å². The van der Waals surface area contributed by atoms with Crippen molar-refractivity contribution in [2.75, 3.05) is 41.7 Å². The van der Waals surface area contributed by atoms with Crippen LogP contribution in [0.15, 0.2) is 12.1 Å². The van der Waals surface area contributed by atoms with Gasteiger partial charge in [0.2, 0.25) is 0 Å². The first-order valence-electron chi connectivity index (χ1n) is 7.79. The van der Waals surface area contributed by atoms with Crippen molar-refractivity contribution in [1.82, 2.24) is 14.8 Å². The van der Waals surface area contributed by atoms with Gasteiger partial charge in [-0.3, -0.25) is 14.8 Å². The summed E-state index contributed by atoms with van der Waals surface area (Å²) in [5.41, 5.74) is 8.17. The van der Waals surface area contributed by atoms with E-state index in [-0.39, 0.29) is 5.69 Å². The lowest BCUT2D eigenvalue weighted by molar-refractivity contribution is -0.385. The number of anilines is 3. The highest BCUT2D eigenvalue weighted by atomic mass is 16.6. The predicted octanol–water partition coefficient (Wildman–Crippen LogP) is 1.25. The Labute approximate surface area is 139 Å². The predicted molar refractivity (Wildman–Crippen MR) is 92.4 cm³/mol. The summed E-state index contributed by atoms with van der Waals surface area (Å²) in [7, 11) is 1.90. The topological polar surface area (TPSA) is 106 Å². The van der Waals surface area contributed by atoms with Gasteiger partial charge in [-0.15, -0.1) is 0 Å². The van der Waals surface area contributed by atoms with E-state index in [2.05, 4.69) is 19.9 Å². The Kier molecular flexibility index (Phi) is 4.00. The molecule has 1 aliphatic rings. The Morgan fingerprint density at radius 3 is 2.25 bits per heavy atom. The summed E-state index contributed by atoms with van der Waals surface area (Å²) < 4.78 is 1.81. The van der Waals surface area contributed by atoms with Gasteiger partial charge in [0.1, 0.15) is 11.5 Å². The van der Waals surface area contributed by atoms with E-state index in [1.54, 1.807) is 13.0 Å². The fourth-order valence-electron chi connectivity index (χ4n) is 3.09. The first-order valence-corrected chi connectivity index (χ1v) is 7.79. The maximum Gasteiger partial charge on any atom is 0.290 e. The van der Waals surface area contributed by atoms with Crippen LogP contribution in [0, 0.1) is 24.0 Å². The Balaban J connectivity index is 1.73. The SMILES string of the molecule is Cc1nc(N2CCN(c3c(N)c(C)nn3C)CC2)ccc1[N+](=O)[O-]. The molecular weight excluding hydrogens is 310 g/mol. The molecule has 1 aliphatic heterocycles. The summed E-state index contributed by atoms with van der Waals surface area (Å²) in [4.78, 5) is 19.2. The second-order valence-corrected chi connectivity index (χ2v) is 5.95. The largest absolute Gasteiger partial charge is 0.394 e. The normalized spacial score (nSPS) is 15.0. The van der Waals surface area contributed by atoms with Crippen LogP contribution >= 0.6 is 0 Å². The molecular formula is C15H21N7O2. The Bertz CT molecular complexity index is 778. The summed E-state index contributed by atoms with van der Waals surface area (Å²) in [5, 5.41) is 15.3. The third-order valence-corrected chi connectivity index (χ3v) is 4.38. The second kappa shape index (κ2) is 5.99. The van der Waals surface area contributed by atoms with Gasteiger partial charge in [0, 0.05) is 39.3 Å². The number of nitrogen functional groups attached to an aromatic ring is 1. The minimum absolute atomic E-state index is 0.0514. The third kappa shape index (κ3) is 2.72. The average molecular weight is 331 g/mol. The number of nitro groups is 1. The molecule has 0 saturated carbocycles. The number of nitrogens with two attached hydrogens (primary N) is 1. The first kappa shape index (κ1) is 16.0. The minimum Gasteiger partial charge on any atom is -0.394 e. The molecule has 0 bridgehead atoms. The van der Waals surface area contributed by atoms with Crippen molar-refractivity contribution in [2.45, 2.75) is 13.8 Å². The smallest absolute Gasteiger partial charge is 0.290 e. The van der Waals surface area contributed by atoms with Crippen molar-refractivity contribution in [3.05, 3.63) is 33.6 Å². The summed E-state index contributed by atoms with van der Waals surface area (Å²) in [5.74, 6) is 1.71. The molecule has 0 unspecified atom stereocenters. The molecule has 1 saturated heterocycles. The third-order valence-electron chi connectivity index (χ3n) is 4.38. The van der Waals surface area contributed by atoms with Crippen molar-refractivity contribution < 1.29 is 4.92 Å². The summed E-state index contributed by atoms with van der Waals surface area (Å²) >= 11 is 0. The van der Waals surface area contributed by atoms with Gasteiger partial charge < -0.3 is 15.5 Å². The van der Waals surface area contributed by atoms with Crippen LogP contribution in [0.25, 0.3) is 0 Å². The molecule has 24 heavy (non-hydrogen) atoms. The van der Waals surface area contributed by atoms with Gasteiger partial charge in [0.15, 0.2) is 5.82 Å². The van der Waals surface area contributed by atoms with Gasteiger partial charge in [-0.05, 0) is 19.9 Å². The lowest BCUT2D eigenvalue weighted by atomic mass is 10.2. The number of nitrogens with zero attached hydrogens (tertiary/aromatic N) is 6. The van der Waals surface area contributed by atoms with Gasteiger partial charge in [0.25, 0.3) is 5.69 Å². The zero-order chi connectivity index (χ0) is 17.4. The highest BCUT2D eigenvalue weighted by molar-refractivity contribution is 5.66. The fourth-order valence-corrected chi connectivity index (χ4v) is 3.09. The van der Waals surface area contributed by atoms with E-state index in [0.29, 0.717) is 5.69 Å². The van der Waals surface area contributed by atoms with Crippen molar-refractivity contribution >= 4 is 23.0 Å². The van der Waals surface area contributed by atoms with Gasteiger partial charge in [-0.1, -0.05) is 0 Å². The number of hydrogen-bond donors (Lipinski definition) is 1. The van der Waals surface area contributed by atoms with Crippen LogP contribution in [0.1, 0.15) is 11.4 Å². The number of pyridine rings is 1. The quantitative estimate of drug-likeness (QED) is 0.666. The van der Waals surface area contributed by atoms with Crippen LogP contribution in [-0.2, 0) is 7.05 Å². The summed E-state index contributed by atoms with van der Waals surface area (Å²) in [6.45, 7) is 6.69. The zero-order valence-corrected chi connectivity index (χ0v) is 14.1. The molecule has 9 heteroatoms. The maximum absolute atomic E-state index is 10.9. The molecule has 2 N–H and O–H groups in total. The molecule has 3 rings (SSSR count). The standard InChI is InChI=1S/C15H21N7O2/c1-10-12(22(23)24)4-5-13(17-10)20-6-8-21(9-7-20)15-14(16)11(2)18-19(15)3/h4-5H,6-9,16H2,1-3H3.